The van der Waals surface area contributed by atoms with Crippen LogP contribution in [-0.2, 0) is 18.4 Å². The summed E-state index contributed by atoms with van der Waals surface area (Å²) in [6.45, 7) is -0.775. The van der Waals surface area contributed by atoms with Crippen LogP contribution in [-0.4, -0.2) is 76.2 Å². The van der Waals surface area contributed by atoms with E-state index in [-0.39, 0.29) is 17.0 Å². The second kappa shape index (κ2) is 10.0. The van der Waals surface area contributed by atoms with Gasteiger partial charge in [-0.25, -0.2) is 9.37 Å². The van der Waals surface area contributed by atoms with E-state index >= 15 is 0 Å². The minimum atomic E-state index is -4.84. The topological polar surface area (TPSA) is 189 Å². The van der Waals surface area contributed by atoms with Crippen molar-refractivity contribution in [2.45, 2.75) is 62.8 Å². The number of rotatable bonds is 8. The maximum absolute atomic E-state index is 15.0. The van der Waals surface area contributed by atoms with Crippen molar-refractivity contribution in [1.29, 1.82) is 0 Å². The van der Waals surface area contributed by atoms with E-state index in [4.69, 9.17) is 26.1 Å². The normalized spacial score (nSPS) is 28.3. The van der Waals surface area contributed by atoms with Gasteiger partial charge in [0.15, 0.2) is 35.3 Å². The van der Waals surface area contributed by atoms with Crippen LogP contribution in [0, 0.1) is 0 Å². The molecule has 1 saturated carbocycles. The van der Waals surface area contributed by atoms with Crippen molar-refractivity contribution >= 4 is 43.8 Å². The molecule has 0 spiro atoms. The molecule has 4 rings (SSSR count). The molecule has 5 N–H and O–H groups in total. The molecule has 2 aromatic heterocycles. The quantitative estimate of drug-likeness (QED) is 0.241. The molecule has 0 radical (unpaired) electrons. The van der Waals surface area contributed by atoms with Crippen LogP contribution in [0.5, 0.6) is 0 Å². The molecule has 2 fully saturated rings. The summed E-state index contributed by atoms with van der Waals surface area (Å²) in [6.07, 6.45) is -0.0213. The zero-order chi connectivity index (χ0) is 24.7. The Labute approximate surface area is 198 Å². The SMILES string of the molecule is O=P(O)(O)CP(=O)(O)OC[C@H]1OC(n2cnc3c(NC4CCCCC4)nc(Cl)nc32)[C@@H](F)[C@@H]1O. The van der Waals surface area contributed by atoms with E-state index < -0.39 is 52.3 Å². The Morgan fingerprint density at radius 2 is 1.94 bits per heavy atom. The molecule has 1 saturated heterocycles. The highest BCUT2D eigenvalue weighted by Crippen LogP contribution is 2.55. The number of halogens is 2. The van der Waals surface area contributed by atoms with E-state index in [2.05, 4.69) is 24.8 Å². The van der Waals surface area contributed by atoms with Gasteiger partial charge in [-0.1, -0.05) is 19.3 Å². The van der Waals surface area contributed by atoms with Gasteiger partial charge in [0.25, 0.3) is 0 Å². The number of hydrogen-bond acceptors (Lipinski definition) is 9. The first kappa shape index (κ1) is 25.9. The summed E-state index contributed by atoms with van der Waals surface area (Å²) >= 11 is 6.09. The minimum Gasteiger partial charge on any atom is -0.387 e. The van der Waals surface area contributed by atoms with Crippen LogP contribution in [0.15, 0.2) is 6.33 Å². The Balaban J connectivity index is 1.52. The summed E-state index contributed by atoms with van der Waals surface area (Å²) in [6, 6.07) is 0.190. The van der Waals surface area contributed by atoms with Gasteiger partial charge < -0.3 is 34.4 Å². The number of ether oxygens (including phenoxy) is 1. The lowest BCUT2D eigenvalue weighted by Crippen LogP contribution is -2.31. The number of hydrogen-bond donors (Lipinski definition) is 5. The number of imidazole rings is 1. The molecule has 2 aliphatic rings. The maximum atomic E-state index is 15.0. The van der Waals surface area contributed by atoms with Gasteiger partial charge in [0.05, 0.1) is 12.9 Å². The second-order valence-corrected chi connectivity index (χ2v) is 12.7. The highest BCUT2D eigenvalue weighted by molar-refractivity contribution is 7.70. The molecule has 5 atom stereocenters. The van der Waals surface area contributed by atoms with Gasteiger partial charge in [-0.2, -0.15) is 9.97 Å². The summed E-state index contributed by atoms with van der Waals surface area (Å²) in [5.41, 5.74) is 0.496. The van der Waals surface area contributed by atoms with Crippen LogP contribution in [0.25, 0.3) is 11.2 Å². The Bertz CT molecular complexity index is 1130. The van der Waals surface area contributed by atoms with Crippen LogP contribution in [0.1, 0.15) is 38.3 Å². The maximum Gasteiger partial charge on any atom is 0.340 e. The first-order valence-electron chi connectivity index (χ1n) is 10.6. The molecule has 0 bridgehead atoms. The lowest BCUT2D eigenvalue weighted by atomic mass is 9.95. The molecule has 17 heteroatoms. The van der Waals surface area contributed by atoms with Gasteiger partial charge >= 0.3 is 15.2 Å². The number of fused-ring (bicyclic) bond motifs is 1. The predicted molar refractivity (Wildman–Crippen MR) is 118 cm³/mol. The van der Waals surface area contributed by atoms with Crippen LogP contribution < -0.4 is 5.32 Å². The molecule has 1 aliphatic carbocycles. The van der Waals surface area contributed by atoms with Crippen molar-refractivity contribution in [2.75, 3.05) is 17.8 Å². The van der Waals surface area contributed by atoms with Crippen LogP contribution >= 0.6 is 26.8 Å². The van der Waals surface area contributed by atoms with Crippen molar-refractivity contribution in [3.8, 4) is 0 Å². The first-order valence-corrected chi connectivity index (χ1v) is 14.5. The fourth-order valence-electron chi connectivity index (χ4n) is 4.15. The van der Waals surface area contributed by atoms with Crippen LogP contribution in [0.2, 0.25) is 5.28 Å². The number of nitrogens with one attached hydrogen (secondary N) is 1. The number of aromatic nitrogens is 4. The smallest absolute Gasteiger partial charge is 0.340 e. The van der Waals surface area contributed by atoms with Gasteiger partial charge in [0.2, 0.25) is 5.28 Å². The molecule has 0 aromatic carbocycles. The van der Waals surface area contributed by atoms with E-state index in [1.54, 1.807) is 0 Å². The molecule has 3 heterocycles. The molecule has 2 aromatic rings. The standard InChI is InChI=1S/C17H25ClFN5O8P2/c18-17-22-14(21-9-4-2-1-3-5-9)12-15(23-17)24(7-20-12)16-11(19)13(25)10(32-16)6-31-34(29,30)8-33(26,27)28/h7,9-11,13,16,25H,1-6,8H2,(H,29,30)(H,21,22,23)(H2,26,27,28)/t10-,11+,13-,16?/m1/s1. The predicted octanol–water partition coefficient (Wildman–Crippen LogP) is 2.16. The third-order valence-corrected chi connectivity index (χ3v) is 9.34. The fourth-order valence-corrected chi connectivity index (χ4v) is 6.88. The number of alkyl halides is 1. The van der Waals surface area contributed by atoms with E-state index in [1.807, 2.05) is 0 Å². The van der Waals surface area contributed by atoms with Crippen LogP contribution in [0.3, 0.4) is 0 Å². The second-order valence-electron chi connectivity index (χ2n) is 8.38. The molecule has 1 aliphatic heterocycles. The van der Waals surface area contributed by atoms with Gasteiger partial charge in [-0.3, -0.25) is 13.7 Å². The first-order chi connectivity index (χ1) is 15.9. The van der Waals surface area contributed by atoms with Crippen LogP contribution in [0.4, 0.5) is 10.2 Å². The van der Waals surface area contributed by atoms with Crippen molar-refractivity contribution in [3.63, 3.8) is 0 Å². The minimum absolute atomic E-state index is 0.0972. The average molecular weight is 544 g/mol. The summed E-state index contributed by atoms with van der Waals surface area (Å²) in [5.74, 6) is -1.02. The van der Waals surface area contributed by atoms with E-state index in [0.717, 1.165) is 25.7 Å². The fraction of sp³-hybridized carbons (Fsp3) is 0.706. The number of nitrogens with zero attached hydrogens (tertiary/aromatic N) is 4. The molecule has 190 valence electrons. The molecule has 0 amide bonds. The Hall–Kier alpha value is -1.21. The monoisotopic (exact) mass is 543 g/mol. The lowest BCUT2D eigenvalue weighted by molar-refractivity contribution is -0.0425. The van der Waals surface area contributed by atoms with Crippen molar-refractivity contribution in [3.05, 3.63) is 11.6 Å². The lowest BCUT2D eigenvalue weighted by Gasteiger charge is -2.23. The van der Waals surface area contributed by atoms with Gasteiger partial charge in [-0.05, 0) is 24.4 Å². The molecule has 34 heavy (non-hydrogen) atoms. The van der Waals surface area contributed by atoms with Crippen molar-refractivity contribution < 1.29 is 42.6 Å². The summed E-state index contributed by atoms with van der Waals surface area (Å²) in [4.78, 5) is 40.0. The Morgan fingerprint density at radius 3 is 2.62 bits per heavy atom. The third kappa shape index (κ3) is 5.95. The summed E-state index contributed by atoms with van der Waals surface area (Å²) < 4.78 is 49.2. The Morgan fingerprint density at radius 1 is 1.24 bits per heavy atom. The van der Waals surface area contributed by atoms with E-state index in [0.29, 0.717) is 11.3 Å². The highest BCUT2D eigenvalue weighted by atomic mass is 35.5. The summed E-state index contributed by atoms with van der Waals surface area (Å²) in [7, 11) is -9.54. The number of anilines is 1. The molecular weight excluding hydrogens is 519 g/mol. The third-order valence-electron chi connectivity index (χ3n) is 5.71. The van der Waals surface area contributed by atoms with Crippen molar-refractivity contribution in [1.82, 2.24) is 19.5 Å². The average Bonchev–Trinajstić information content (AvgIpc) is 3.27. The van der Waals surface area contributed by atoms with Crippen molar-refractivity contribution in [2.24, 2.45) is 0 Å². The molecule has 2 unspecified atom stereocenters. The zero-order valence-electron chi connectivity index (χ0n) is 17.8. The number of aliphatic hydroxyl groups is 1. The Kier molecular flexibility index (Phi) is 7.64. The summed E-state index contributed by atoms with van der Waals surface area (Å²) in [5, 5.41) is 13.5. The molecular formula is C17H25ClFN5O8P2. The highest BCUT2D eigenvalue weighted by Gasteiger charge is 2.47. The largest absolute Gasteiger partial charge is 0.387 e. The van der Waals surface area contributed by atoms with E-state index in [1.165, 1.54) is 17.3 Å². The van der Waals surface area contributed by atoms with Gasteiger partial charge in [-0.15, -0.1) is 0 Å². The van der Waals surface area contributed by atoms with Gasteiger partial charge in [0, 0.05) is 6.04 Å². The number of aliphatic hydroxyl groups excluding tert-OH is 1. The van der Waals surface area contributed by atoms with Gasteiger partial charge in [0.1, 0.15) is 12.2 Å². The zero-order valence-corrected chi connectivity index (χ0v) is 20.3. The molecule has 13 nitrogen and oxygen atoms in total. The van der Waals surface area contributed by atoms with E-state index in [9.17, 15) is 23.5 Å².